The van der Waals surface area contributed by atoms with E-state index in [4.69, 9.17) is 5.73 Å². The van der Waals surface area contributed by atoms with E-state index in [1.165, 1.54) is 6.07 Å². The molecule has 146 valence electrons. The fourth-order valence-electron chi connectivity index (χ4n) is 2.90. The number of pyridine rings is 1. The second kappa shape index (κ2) is 7.16. The first-order valence-electron chi connectivity index (χ1n) is 8.04. The van der Waals surface area contributed by atoms with Gasteiger partial charge in [-0.1, -0.05) is 0 Å². The molecule has 0 bridgehead atoms. The summed E-state index contributed by atoms with van der Waals surface area (Å²) in [5.74, 6) is -1.28. The number of fused-ring (bicyclic) bond motifs is 1. The second-order valence-corrected chi connectivity index (χ2v) is 8.80. The van der Waals surface area contributed by atoms with Gasteiger partial charge in [-0.05, 0) is 62.2 Å². The lowest BCUT2D eigenvalue weighted by atomic mass is 10.0. The van der Waals surface area contributed by atoms with Crippen molar-refractivity contribution in [3.63, 3.8) is 0 Å². The standard InChI is InChI=1S/C16H11Br2F2N5O2S/c17-8-10(24-25-12(8)18)15(27)23-9-7-5(4-1-2-4)3-6(13(19)20)22-16(7)28-11(9)14(21)26/h3-4,13H,1-2H2,(H2,21,26)(H,23,27)(H,24,25). The average molecular weight is 535 g/mol. The van der Waals surface area contributed by atoms with Crippen molar-refractivity contribution in [2.75, 3.05) is 5.32 Å². The Balaban J connectivity index is 1.88. The third kappa shape index (κ3) is 3.33. The molecule has 3 aromatic rings. The van der Waals surface area contributed by atoms with Gasteiger partial charge in [-0.2, -0.15) is 5.10 Å². The number of carbonyl (C=O) groups excluding carboxylic acids is 2. The molecule has 3 heterocycles. The van der Waals surface area contributed by atoms with Crippen LogP contribution in [-0.2, 0) is 0 Å². The van der Waals surface area contributed by atoms with Gasteiger partial charge in [0.05, 0.1) is 10.2 Å². The lowest BCUT2D eigenvalue weighted by Gasteiger charge is -2.09. The molecule has 0 radical (unpaired) electrons. The van der Waals surface area contributed by atoms with Crippen molar-refractivity contribution in [1.29, 1.82) is 0 Å². The lowest BCUT2D eigenvalue weighted by molar-refractivity contribution is 0.100. The number of carbonyl (C=O) groups is 2. The van der Waals surface area contributed by atoms with Crippen LogP contribution >= 0.6 is 43.2 Å². The number of nitrogens with two attached hydrogens (primary N) is 1. The molecule has 3 aromatic heterocycles. The molecule has 0 aromatic carbocycles. The largest absolute Gasteiger partial charge is 0.365 e. The average Bonchev–Trinajstić information content (AvgIpc) is 3.35. The summed E-state index contributed by atoms with van der Waals surface area (Å²) in [6.07, 6.45) is -1.06. The number of thiophene rings is 1. The molecule has 2 amide bonds. The quantitative estimate of drug-likeness (QED) is 0.439. The Kier molecular flexibility index (Phi) is 4.96. The molecule has 0 atom stereocenters. The highest BCUT2D eigenvalue weighted by atomic mass is 79.9. The maximum atomic E-state index is 13.3. The van der Waals surface area contributed by atoms with Crippen LogP contribution in [0.4, 0.5) is 14.5 Å². The van der Waals surface area contributed by atoms with Gasteiger partial charge in [-0.3, -0.25) is 14.7 Å². The van der Waals surface area contributed by atoms with Gasteiger partial charge in [0.2, 0.25) is 0 Å². The normalized spacial score (nSPS) is 14.0. The third-order valence-electron chi connectivity index (χ3n) is 4.30. The van der Waals surface area contributed by atoms with Crippen LogP contribution in [0.3, 0.4) is 0 Å². The molecule has 1 aliphatic carbocycles. The zero-order valence-corrected chi connectivity index (χ0v) is 17.8. The molecule has 28 heavy (non-hydrogen) atoms. The summed E-state index contributed by atoms with van der Waals surface area (Å²) >= 11 is 7.33. The second-order valence-electron chi connectivity index (χ2n) is 6.22. The van der Waals surface area contributed by atoms with Crippen molar-refractivity contribution in [3.8, 4) is 0 Å². The van der Waals surface area contributed by atoms with Gasteiger partial charge < -0.3 is 11.1 Å². The molecule has 12 heteroatoms. The SMILES string of the molecule is NC(=O)c1sc2nc(C(F)F)cc(C3CC3)c2c1NC(=O)c1n[nH]c(Br)c1Br. The first-order valence-corrected chi connectivity index (χ1v) is 10.4. The van der Waals surface area contributed by atoms with E-state index in [-0.39, 0.29) is 32.7 Å². The minimum Gasteiger partial charge on any atom is -0.365 e. The van der Waals surface area contributed by atoms with Gasteiger partial charge in [-0.15, -0.1) is 11.3 Å². The predicted molar refractivity (Wildman–Crippen MR) is 107 cm³/mol. The summed E-state index contributed by atoms with van der Waals surface area (Å²) in [4.78, 5) is 28.9. The van der Waals surface area contributed by atoms with E-state index in [0.29, 0.717) is 20.0 Å². The van der Waals surface area contributed by atoms with Crippen molar-refractivity contribution in [1.82, 2.24) is 15.2 Å². The van der Waals surface area contributed by atoms with E-state index >= 15 is 0 Å². The number of anilines is 1. The number of hydrogen-bond donors (Lipinski definition) is 3. The van der Waals surface area contributed by atoms with Crippen LogP contribution in [0.1, 0.15) is 56.6 Å². The first kappa shape index (κ1) is 19.4. The molecule has 4 N–H and O–H groups in total. The van der Waals surface area contributed by atoms with E-state index in [1.807, 2.05) is 0 Å². The van der Waals surface area contributed by atoms with Crippen LogP contribution < -0.4 is 11.1 Å². The summed E-state index contributed by atoms with van der Waals surface area (Å²) < 4.78 is 27.4. The molecular formula is C16H11Br2F2N5O2S. The Bertz CT molecular complexity index is 1130. The van der Waals surface area contributed by atoms with Crippen molar-refractivity contribution in [3.05, 3.63) is 37.0 Å². The molecule has 0 spiro atoms. The number of H-pyrrole nitrogens is 1. The molecule has 1 aliphatic rings. The summed E-state index contributed by atoms with van der Waals surface area (Å²) in [5.41, 5.74) is 6.00. The molecule has 0 unspecified atom stereocenters. The number of rotatable bonds is 5. The minimum atomic E-state index is -2.74. The highest BCUT2D eigenvalue weighted by molar-refractivity contribution is 9.13. The molecule has 1 saturated carbocycles. The number of amides is 2. The number of nitrogens with one attached hydrogen (secondary N) is 2. The van der Waals surface area contributed by atoms with Gasteiger partial charge in [0.1, 0.15) is 20.0 Å². The minimum absolute atomic E-state index is 0.0508. The summed E-state index contributed by atoms with van der Waals surface area (Å²) in [5, 5.41) is 9.65. The van der Waals surface area contributed by atoms with Gasteiger partial charge in [0, 0.05) is 5.39 Å². The van der Waals surface area contributed by atoms with E-state index in [2.05, 4.69) is 52.4 Å². The van der Waals surface area contributed by atoms with Crippen molar-refractivity contribution >= 4 is 70.9 Å². The summed E-state index contributed by atoms with van der Waals surface area (Å²) in [7, 11) is 0. The lowest BCUT2D eigenvalue weighted by Crippen LogP contribution is -2.17. The first-order chi connectivity index (χ1) is 13.3. The molecular weight excluding hydrogens is 524 g/mol. The van der Waals surface area contributed by atoms with E-state index < -0.39 is 18.2 Å². The Morgan fingerprint density at radius 2 is 2.07 bits per heavy atom. The Labute approximate surface area is 177 Å². The molecule has 0 aliphatic heterocycles. The molecule has 0 saturated heterocycles. The number of alkyl halides is 2. The van der Waals surface area contributed by atoms with Crippen LogP contribution in [0.5, 0.6) is 0 Å². The number of hydrogen-bond acceptors (Lipinski definition) is 5. The maximum Gasteiger partial charge on any atom is 0.280 e. The number of halogens is 4. The van der Waals surface area contributed by atoms with Crippen LogP contribution in [-0.4, -0.2) is 27.0 Å². The monoisotopic (exact) mass is 533 g/mol. The molecule has 4 rings (SSSR count). The number of nitrogens with zero attached hydrogens (tertiary/aromatic N) is 2. The fraction of sp³-hybridized carbons (Fsp3) is 0.250. The highest BCUT2D eigenvalue weighted by Crippen LogP contribution is 2.48. The van der Waals surface area contributed by atoms with E-state index in [0.717, 1.165) is 24.2 Å². The van der Waals surface area contributed by atoms with E-state index in [9.17, 15) is 18.4 Å². The summed E-state index contributed by atoms with van der Waals surface area (Å²) in [6.45, 7) is 0. The fourth-order valence-corrected chi connectivity index (χ4v) is 4.55. The predicted octanol–water partition coefficient (Wildman–Crippen LogP) is 4.71. The van der Waals surface area contributed by atoms with Crippen LogP contribution in [0, 0.1) is 0 Å². The third-order valence-corrected chi connectivity index (χ3v) is 7.27. The van der Waals surface area contributed by atoms with E-state index in [1.54, 1.807) is 0 Å². The summed E-state index contributed by atoms with van der Waals surface area (Å²) in [6, 6.07) is 1.35. The number of aromatic nitrogens is 3. The van der Waals surface area contributed by atoms with Crippen molar-refractivity contribution in [2.45, 2.75) is 25.2 Å². The Morgan fingerprint density at radius 1 is 1.36 bits per heavy atom. The molecule has 7 nitrogen and oxygen atoms in total. The van der Waals surface area contributed by atoms with Crippen LogP contribution in [0.2, 0.25) is 0 Å². The molecule has 1 fully saturated rings. The Morgan fingerprint density at radius 3 is 2.61 bits per heavy atom. The van der Waals surface area contributed by atoms with Crippen LogP contribution in [0.25, 0.3) is 10.2 Å². The topological polar surface area (TPSA) is 114 Å². The number of primary amides is 1. The Hall–Kier alpha value is -1.92. The van der Waals surface area contributed by atoms with Crippen molar-refractivity contribution in [2.24, 2.45) is 5.73 Å². The zero-order valence-electron chi connectivity index (χ0n) is 13.9. The smallest absolute Gasteiger partial charge is 0.280 e. The van der Waals surface area contributed by atoms with Gasteiger partial charge in [0.25, 0.3) is 18.2 Å². The van der Waals surface area contributed by atoms with Gasteiger partial charge >= 0.3 is 0 Å². The zero-order chi connectivity index (χ0) is 20.2. The maximum absolute atomic E-state index is 13.3. The van der Waals surface area contributed by atoms with Crippen molar-refractivity contribution < 1.29 is 18.4 Å². The van der Waals surface area contributed by atoms with Gasteiger partial charge in [0.15, 0.2) is 5.69 Å². The van der Waals surface area contributed by atoms with Crippen LogP contribution in [0.15, 0.2) is 15.1 Å². The van der Waals surface area contributed by atoms with Gasteiger partial charge in [-0.25, -0.2) is 13.8 Å². The number of aromatic amines is 1. The highest BCUT2D eigenvalue weighted by Gasteiger charge is 2.32.